The monoisotopic (exact) mass is 298 g/mol. The third-order valence-electron chi connectivity index (χ3n) is 3.37. The Hall–Kier alpha value is -2.53. The highest BCUT2D eigenvalue weighted by molar-refractivity contribution is 5.88. The zero-order chi connectivity index (χ0) is 15.4. The summed E-state index contributed by atoms with van der Waals surface area (Å²) in [7, 11) is 0. The number of rotatable bonds is 5. The predicted molar refractivity (Wildman–Crippen MR) is 83.9 cm³/mol. The van der Waals surface area contributed by atoms with Crippen LogP contribution in [0.15, 0.2) is 42.5 Å². The molecule has 2 aromatic carbocycles. The van der Waals surface area contributed by atoms with Gasteiger partial charge in [-0.1, -0.05) is 18.2 Å². The molecule has 1 aliphatic heterocycles. The van der Waals surface area contributed by atoms with Gasteiger partial charge in [0.15, 0.2) is 11.5 Å². The lowest BCUT2D eigenvalue weighted by Gasteiger charge is -2.07. The Kier molecular flexibility index (Phi) is 4.25. The lowest BCUT2D eigenvalue weighted by Crippen LogP contribution is -2.12. The normalized spacial score (nSPS) is 12.2. The van der Waals surface area contributed by atoms with Crippen molar-refractivity contribution >= 4 is 11.6 Å². The molecule has 0 spiro atoms. The van der Waals surface area contributed by atoms with E-state index in [1.54, 1.807) is 0 Å². The van der Waals surface area contributed by atoms with Crippen molar-refractivity contribution in [2.24, 2.45) is 0 Å². The van der Waals surface area contributed by atoms with Crippen molar-refractivity contribution in [3.8, 4) is 11.5 Å². The number of ether oxygens (including phenoxy) is 2. The number of nitrogens with one attached hydrogen (secondary N) is 2. The maximum absolute atomic E-state index is 11.0. The summed E-state index contributed by atoms with van der Waals surface area (Å²) in [4.78, 5) is 11.0. The molecule has 1 amide bonds. The molecule has 0 bridgehead atoms. The van der Waals surface area contributed by atoms with Gasteiger partial charge in [-0.2, -0.15) is 0 Å². The SMILES string of the molecule is CC(=O)Nc1ccc(CNCc2ccc3c(c2)OCO3)cc1. The van der Waals surface area contributed by atoms with Crippen molar-refractivity contribution in [2.75, 3.05) is 12.1 Å². The van der Waals surface area contributed by atoms with E-state index >= 15 is 0 Å². The van der Waals surface area contributed by atoms with Crippen molar-refractivity contribution in [1.82, 2.24) is 5.32 Å². The van der Waals surface area contributed by atoms with Gasteiger partial charge < -0.3 is 20.1 Å². The van der Waals surface area contributed by atoms with Crippen LogP contribution in [0.25, 0.3) is 0 Å². The van der Waals surface area contributed by atoms with Gasteiger partial charge in [-0.25, -0.2) is 0 Å². The first kappa shape index (κ1) is 14.4. The number of carbonyl (C=O) groups is 1. The minimum absolute atomic E-state index is 0.0614. The number of anilines is 1. The summed E-state index contributed by atoms with van der Waals surface area (Å²) >= 11 is 0. The Morgan fingerprint density at radius 1 is 1.00 bits per heavy atom. The topological polar surface area (TPSA) is 59.6 Å². The highest BCUT2D eigenvalue weighted by atomic mass is 16.7. The lowest BCUT2D eigenvalue weighted by molar-refractivity contribution is -0.114. The van der Waals surface area contributed by atoms with Gasteiger partial charge >= 0.3 is 0 Å². The number of carbonyl (C=O) groups excluding carboxylic acids is 1. The molecule has 114 valence electrons. The van der Waals surface area contributed by atoms with Crippen LogP contribution < -0.4 is 20.1 Å². The van der Waals surface area contributed by atoms with Crippen LogP contribution in [0, 0.1) is 0 Å². The standard InChI is InChI=1S/C17H18N2O3/c1-12(20)19-15-5-2-13(3-6-15)9-18-10-14-4-7-16-17(8-14)22-11-21-16/h2-8,18H,9-11H2,1H3,(H,19,20). The number of amides is 1. The highest BCUT2D eigenvalue weighted by Gasteiger charge is 2.12. The summed E-state index contributed by atoms with van der Waals surface area (Å²) in [5.74, 6) is 1.55. The largest absolute Gasteiger partial charge is 0.454 e. The molecule has 0 fully saturated rings. The average molecular weight is 298 g/mol. The van der Waals surface area contributed by atoms with Crippen LogP contribution in [0.1, 0.15) is 18.1 Å². The van der Waals surface area contributed by atoms with Crippen molar-refractivity contribution in [3.63, 3.8) is 0 Å². The summed E-state index contributed by atoms with van der Waals surface area (Å²) in [6, 6.07) is 13.8. The van der Waals surface area contributed by atoms with E-state index in [0.29, 0.717) is 6.79 Å². The number of hydrogen-bond donors (Lipinski definition) is 2. The van der Waals surface area contributed by atoms with E-state index < -0.39 is 0 Å². The fourth-order valence-corrected chi connectivity index (χ4v) is 2.31. The van der Waals surface area contributed by atoms with Gasteiger partial charge in [-0.3, -0.25) is 4.79 Å². The number of fused-ring (bicyclic) bond motifs is 1. The fraction of sp³-hybridized carbons (Fsp3) is 0.235. The zero-order valence-corrected chi connectivity index (χ0v) is 12.4. The highest BCUT2D eigenvalue weighted by Crippen LogP contribution is 2.32. The Bertz CT molecular complexity index is 668. The second-order valence-corrected chi connectivity index (χ2v) is 5.17. The molecular formula is C17H18N2O3. The van der Waals surface area contributed by atoms with Gasteiger partial charge in [0, 0.05) is 25.7 Å². The van der Waals surface area contributed by atoms with Crippen LogP contribution in [-0.2, 0) is 17.9 Å². The third kappa shape index (κ3) is 3.56. The summed E-state index contributed by atoms with van der Waals surface area (Å²) in [6.45, 7) is 3.31. The van der Waals surface area contributed by atoms with Crippen molar-refractivity contribution in [3.05, 3.63) is 53.6 Å². The van der Waals surface area contributed by atoms with E-state index in [-0.39, 0.29) is 5.91 Å². The Labute approximate surface area is 129 Å². The molecule has 0 radical (unpaired) electrons. The molecule has 5 nitrogen and oxygen atoms in total. The van der Waals surface area contributed by atoms with Crippen LogP contribution in [0.2, 0.25) is 0 Å². The number of hydrogen-bond acceptors (Lipinski definition) is 4. The third-order valence-corrected chi connectivity index (χ3v) is 3.37. The molecule has 5 heteroatoms. The molecule has 1 heterocycles. The van der Waals surface area contributed by atoms with Gasteiger partial charge in [0.2, 0.25) is 12.7 Å². The molecule has 0 atom stereocenters. The molecule has 2 aromatic rings. The zero-order valence-electron chi connectivity index (χ0n) is 12.4. The van der Waals surface area contributed by atoms with Crippen LogP contribution >= 0.6 is 0 Å². The molecular weight excluding hydrogens is 280 g/mol. The fourth-order valence-electron chi connectivity index (χ4n) is 2.31. The maximum Gasteiger partial charge on any atom is 0.231 e. The summed E-state index contributed by atoms with van der Waals surface area (Å²) in [5, 5.41) is 6.14. The molecule has 3 rings (SSSR count). The van der Waals surface area contributed by atoms with Crippen molar-refractivity contribution in [1.29, 1.82) is 0 Å². The van der Waals surface area contributed by atoms with Gasteiger partial charge in [-0.15, -0.1) is 0 Å². The Balaban J connectivity index is 1.51. The van der Waals surface area contributed by atoms with E-state index in [2.05, 4.69) is 10.6 Å². The Morgan fingerprint density at radius 2 is 1.68 bits per heavy atom. The summed E-state index contributed by atoms with van der Waals surface area (Å²) in [5.41, 5.74) is 3.13. The van der Waals surface area contributed by atoms with E-state index in [1.165, 1.54) is 6.92 Å². The molecule has 2 N–H and O–H groups in total. The molecule has 22 heavy (non-hydrogen) atoms. The van der Waals surface area contributed by atoms with Gasteiger partial charge in [0.1, 0.15) is 0 Å². The first-order chi connectivity index (χ1) is 10.7. The van der Waals surface area contributed by atoms with Crippen molar-refractivity contribution in [2.45, 2.75) is 20.0 Å². The minimum atomic E-state index is -0.0614. The van der Waals surface area contributed by atoms with E-state index in [9.17, 15) is 4.79 Å². The van der Waals surface area contributed by atoms with Gasteiger partial charge in [-0.05, 0) is 35.4 Å². The smallest absolute Gasteiger partial charge is 0.231 e. The lowest BCUT2D eigenvalue weighted by atomic mass is 10.1. The van der Waals surface area contributed by atoms with Gasteiger partial charge in [0.05, 0.1) is 0 Å². The first-order valence-electron chi connectivity index (χ1n) is 7.16. The summed E-state index contributed by atoms with van der Waals surface area (Å²) in [6.07, 6.45) is 0. The minimum Gasteiger partial charge on any atom is -0.454 e. The van der Waals surface area contributed by atoms with E-state index in [0.717, 1.165) is 41.4 Å². The second-order valence-electron chi connectivity index (χ2n) is 5.17. The maximum atomic E-state index is 11.0. The first-order valence-corrected chi connectivity index (χ1v) is 7.16. The van der Waals surface area contributed by atoms with E-state index in [4.69, 9.17) is 9.47 Å². The van der Waals surface area contributed by atoms with Crippen LogP contribution in [0.4, 0.5) is 5.69 Å². The predicted octanol–water partition coefficient (Wildman–Crippen LogP) is 2.66. The Morgan fingerprint density at radius 3 is 2.45 bits per heavy atom. The number of benzene rings is 2. The molecule has 0 aromatic heterocycles. The molecule has 0 aliphatic carbocycles. The van der Waals surface area contributed by atoms with Crippen LogP contribution in [0.3, 0.4) is 0 Å². The second kappa shape index (κ2) is 6.49. The average Bonchev–Trinajstić information content (AvgIpc) is 2.96. The molecule has 0 saturated carbocycles. The summed E-state index contributed by atoms with van der Waals surface area (Å²) < 4.78 is 10.7. The van der Waals surface area contributed by atoms with E-state index in [1.807, 2.05) is 42.5 Å². The molecule has 0 unspecified atom stereocenters. The molecule has 1 aliphatic rings. The van der Waals surface area contributed by atoms with Crippen LogP contribution in [-0.4, -0.2) is 12.7 Å². The van der Waals surface area contributed by atoms with Crippen LogP contribution in [0.5, 0.6) is 11.5 Å². The van der Waals surface area contributed by atoms with Gasteiger partial charge in [0.25, 0.3) is 0 Å². The quantitative estimate of drug-likeness (QED) is 0.891. The van der Waals surface area contributed by atoms with Crippen molar-refractivity contribution < 1.29 is 14.3 Å². The molecule has 0 saturated heterocycles.